The molecule has 1 aliphatic rings. The van der Waals surface area contributed by atoms with Gasteiger partial charge in [0.05, 0.1) is 0 Å². The molecule has 5 nitrogen and oxygen atoms in total. The van der Waals surface area contributed by atoms with Gasteiger partial charge in [0.25, 0.3) is 0 Å². The van der Waals surface area contributed by atoms with Crippen LogP contribution in [0.3, 0.4) is 0 Å². The number of carbonyl (C=O) groups excluding carboxylic acids is 3. The van der Waals surface area contributed by atoms with E-state index in [0.717, 1.165) is 12.8 Å². The number of amides is 3. The van der Waals surface area contributed by atoms with Crippen molar-refractivity contribution in [1.29, 1.82) is 0 Å². The lowest BCUT2D eigenvalue weighted by molar-refractivity contribution is -0.138. The Kier molecular flexibility index (Phi) is 5.66. The topological polar surface area (TPSA) is 66.5 Å². The summed E-state index contributed by atoms with van der Waals surface area (Å²) >= 11 is 0. The first-order valence-corrected chi connectivity index (χ1v) is 6.25. The number of unbranched alkanes of at least 4 members (excludes halogenated alkanes) is 1. The molecule has 1 N–H and O–H groups in total. The summed E-state index contributed by atoms with van der Waals surface area (Å²) in [5.74, 6) is -0.222. The number of likely N-dealkylation sites (tertiary alicyclic amines) is 1. The van der Waals surface area contributed by atoms with Crippen LogP contribution in [0.4, 0.5) is 0 Å². The van der Waals surface area contributed by atoms with Gasteiger partial charge in [-0.3, -0.25) is 19.3 Å². The Morgan fingerprint density at radius 1 is 1.24 bits per heavy atom. The van der Waals surface area contributed by atoms with E-state index in [1.165, 1.54) is 4.90 Å². The Morgan fingerprint density at radius 2 is 1.88 bits per heavy atom. The van der Waals surface area contributed by atoms with Gasteiger partial charge in [-0.25, -0.2) is 0 Å². The lowest BCUT2D eigenvalue weighted by Crippen LogP contribution is -2.31. The molecule has 0 radical (unpaired) electrons. The van der Waals surface area contributed by atoms with Crippen molar-refractivity contribution in [3.05, 3.63) is 0 Å². The first-order chi connectivity index (χ1) is 8.15. The molecule has 17 heavy (non-hydrogen) atoms. The zero-order chi connectivity index (χ0) is 12.7. The Bertz CT molecular complexity index is 286. The van der Waals surface area contributed by atoms with Crippen molar-refractivity contribution in [2.75, 3.05) is 13.1 Å². The van der Waals surface area contributed by atoms with Crippen molar-refractivity contribution in [1.82, 2.24) is 10.2 Å². The fraction of sp³-hybridized carbons (Fsp3) is 0.750. The van der Waals surface area contributed by atoms with E-state index in [9.17, 15) is 14.4 Å². The predicted octanol–water partition coefficient (Wildman–Crippen LogP) is 0.832. The summed E-state index contributed by atoms with van der Waals surface area (Å²) in [7, 11) is 0. The third-order valence-electron chi connectivity index (χ3n) is 2.79. The second-order valence-corrected chi connectivity index (χ2v) is 4.25. The van der Waals surface area contributed by atoms with Crippen LogP contribution < -0.4 is 5.32 Å². The SMILES string of the molecule is CCCCNC(=O)CCCN1C(=O)CCC1=O. The normalized spacial score (nSPS) is 15.5. The molecule has 5 heteroatoms. The molecule has 0 aromatic heterocycles. The molecule has 1 heterocycles. The van der Waals surface area contributed by atoms with E-state index in [4.69, 9.17) is 0 Å². The maximum absolute atomic E-state index is 11.4. The zero-order valence-corrected chi connectivity index (χ0v) is 10.3. The Morgan fingerprint density at radius 3 is 2.47 bits per heavy atom. The summed E-state index contributed by atoms with van der Waals surface area (Å²) in [6.07, 6.45) is 3.60. The van der Waals surface area contributed by atoms with Crippen LogP contribution in [-0.2, 0) is 14.4 Å². The van der Waals surface area contributed by atoms with Crippen LogP contribution in [-0.4, -0.2) is 35.7 Å². The highest BCUT2D eigenvalue weighted by Crippen LogP contribution is 2.12. The maximum Gasteiger partial charge on any atom is 0.229 e. The average Bonchev–Trinajstić information content (AvgIpc) is 2.61. The summed E-state index contributed by atoms with van der Waals surface area (Å²) in [6.45, 7) is 3.15. The van der Waals surface area contributed by atoms with Gasteiger partial charge in [-0.05, 0) is 12.8 Å². The molecule has 0 aromatic rings. The molecule has 0 unspecified atom stereocenters. The number of rotatable bonds is 7. The Hall–Kier alpha value is -1.39. The van der Waals surface area contributed by atoms with Gasteiger partial charge in [0.15, 0.2) is 0 Å². The van der Waals surface area contributed by atoms with Gasteiger partial charge >= 0.3 is 0 Å². The summed E-state index contributed by atoms with van der Waals surface area (Å²) in [5.41, 5.74) is 0. The molecule has 1 aliphatic heterocycles. The van der Waals surface area contributed by atoms with E-state index in [0.29, 0.717) is 38.8 Å². The van der Waals surface area contributed by atoms with Gasteiger partial charge < -0.3 is 5.32 Å². The monoisotopic (exact) mass is 240 g/mol. The maximum atomic E-state index is 11.4. The van der Waals surface area contributed by atoms with E-state index in [2.05, 4.69) is 12.2 Å². The van der Waals surface area contributed by atoms with Crippen molar-refractivity contribution in [2.24, 2.45) is 0 Å². The number of nitrogens with zero attached hydrogens (tertiary/aromatic N) is 1. The number of hydrogen-bond donors (Lipinski definition) is 1. The third-order valence-corrected chi connectivity index (χ3v) is 2.79. The third kappa shape index (κ3) is 4.54. The Balaban J connectivity index is 2.12. The van der Waals surface area contributed by atoms with E-state index < -0.39 is 0 Å². The number of imide groups is 1. The van der Waals surface area contributed by atoms with Gasteiger partial charge in [-0.1, -0.05) is 13.3 Å². The van der Waals surface area contributed by atoms with Gasteiger partial charge in [0, 0.05) is 32.4 Å². The molecule has 1 saturated heterocycles. The molecule has 0 aromatic carbocycles. The fourth-order valence-electron chi connectivity index (χ4n) is 1.76. The minimum atomic E-state index is -0.110. The fourth-order valence-corrected chi connectivity index (χ4v) is 1.76. The molecule has 0 atom stereocenters. The molecule has 0 spiro atoms. The first kappa shape index (κ1) is 13.7. The molecule has 1 fully saturated rings. The van der Waals surface area contributed by atoms with Crippen LogP contribution in [0.15, 0.2) is 0 Å². The summed E-state index contributed by atoms with van der Waals surface area (Å²) in [6, 6.07) is 0. The van der Waals surface area contributed by atoms with Crippen molar-refractivity contribution in [3.63, 3.8) is 0 Å². The molecule has 3 amide bonds. The van der Waals surface area contributed by atoms with E-state index in [-0.39, 0.29) is 17.7 Å². The molecule has 96 valence electrons. The van der Waals surface area contributed by atoms with Crippen LogP contribution in [0.25, 0.3) is 0 Å². The smallest absolute Gasteiger partial charge is 0.229 e. The summed E-state index contributed by atoms with van der Waals surface area (Å²) in [5, 5.41) is 2.80. The van der Waals surface area contributed by atoms with E-state index in [1.54, 1.807) is 0 Å². The van der Waals surface area contributed by atoms with Crippen molar-refractivity contribution >= 4 is 17.7 Å². The highest BCUT2D eigenvalue weighted by molar-refractivity contribution is 6.01. The summed E-state index contributed by atoms with van der Waals surface area (Å²) < 4.78 is 0. The highest BCUT2D eigenvalue weighted by Gasteiger charge is 2.28. The van der Waals surface area contributed by atoms with Crippen LogP contribution in [0.1, 0.15) is 45.4 Å². The van der Waals surface area contributed by atoms with Gasteiger partial charge in [0.1, 0.15) is 0 Å². The largest absolute Gasteiger partial charge is 0.356 e. The standard InChI is InChI=1S/C12H20N2O3/c1-2-3-8-13-10(15)5-4-9-14-11(16)6-7-12(14)17/h2-9H2,1H3,(H,13,15). The molecule has 0 aliphatic carbocycles. The van der Waals surface area contributed by atoms with Crippen molar-refractivity contribution in [2.45, 2.75) is 45.4 Å². The van der Waals surface area contributed by atoms with Crippen LogP contribution in [0, 0.1) is 0 Å². The molecule has 0 bridgehead atoms. The second kappa shape index (κ2) is 7.04. The van der Waals surface area contributed by atoms with E-state index >= 15 is 0 Å². The lowest BCUT2D eigenvalue weighted by atomic mass is 10.2. The number of carbonyl (C=O) groups is 3. The number of hydrogen-bond acceptors (Lipinski definition) is 3. The molecule has 0 saturated carbocycles. The minimum absolute atomic E-state index is 0.00227. The van der Waals surface area contributed by atoms with Crippen LogP contribution in [0.2, 0.25) is 0 Å². The minimum Gasteiger partial charge on any atom is -0.356 e. The highest BCUT2D eigenvalue weighted by atomic mass is 16.2. The summed E-state index contributed by atoms with van der Waals surface area (Å²) in [4.78, 5) is 35.2. The average molecular weight is 240 g/mol. The second-order valence-electron chi connectivity index (χ2n) is 4.25. The molecular weight excluding hydrogens is 220 g/mol. The molecular formula is C12H20N2O3. The van der Waals surface area contributed by atoms with Gasteiger partial charge in [0.2, 0.25) is 17.7 Å². The lowest BCUT2D eigenvalue weighted by Gasteiger charge is -2.13. The Labute approximate surface area is 102 Å². The number of nitrogens with one attached hydrogen (secondary N) is 1. The van der Waals surface area contributed by atoms with Gasteiger partial charge in [-0.2, -0.15) is 0 Å². The van der Waals surface area contributed by atoms with E-state index in [1.807, 2.05) is 0 Å². The quantitative estimate of drug-likeness (QED) is 0.529. The van der Waals surface area contributed by atoms with Crippen LogP contribution >= 0.6 is 0 Å². The van der Waals surface area contributed by atoms with Crippen molar-refractivity contribution < 1.29 is 14.4 Å². The van der Waals surface area contributed by atoms with Crippen molar-refractivity contribution in [3.8, 4) is 0 Å². The predicted molar refractivity (Wildman–Crippen MR) is 63.1 cm³/mol. The van der Waals surface area contributed by atoms with Gasteiger partial charge in [-0.15, -0.1) is 0 Å². The molecule has 1 rings (SSSR count). The first-order valence-electron chi connectivity index (χ1n) is 6.25. The van der Waals surface area contributed by atoms with Crippen LogP contribution in [0.5, 0.6) is 0 Å². The zero-order valence-electron chi connectivity index (χ0n) is 10.3.